The Morgan fingerprint density at radius 3 is 2.90 bits per heavy atom. The molecule has 1 fully saturated rings. The molecule has 5 nitrogen and oxygen atoms in total. The van der Waals surface area contributed by atoms with Gasteiger partial charge in [0, 0.05) is 30.9 Å². The summed E-state index contributed by atoms with van der Waals surface area (Å²) in [6, 6.07) is 2.39. The minimum Gasteiger partial charge on any atom is -0.478 e. The Kier molecular flexibility index (Phi) is 5.59. The number of rotatable bonds is 6. The molecule has 112 valence electrons. The number of aromatic nitrogens is 2. The van der Waals surface area contributed by atoms with Crippen molar-refractivity contribution in [2.45, 2.75) is 46.1 Å². The lowest BCUT2D eigenvalue weighted by molar-refractivity contribution is 0.304. The number of likely N-dealkylation sites (N-methyl/N-ethyl adjacent to an activating group) is 1. The maximum atomic E-state index is 5.67. The van der Waals surface area contributed by atoms with Gasteiger partial charge in [0.05, 0.1) is 6.61 Å². The molecular weight excluding hydrogens is 252 g/mol. The van der Waals surface area contributed by atoms with Crippen LogP contribution in [0.25, 0.3) is 0 Å². The van der Waals surface area contributed by atoms with Gasteiger partial charge in [0.2, 0.25) is 11.8 Å². The molecule has 0 spiro atoms. The van der Waals surface area contributed by atoms with Crippen LogP contribution in [0.15, 0.2) is 6.07 Å². The topological polar surface area (TPSA) is 50.3 Å². The van der Waals surface area contributed by atoms with Crippen LogP contribution in [0.4, 0.5) is 5.95 Å². The number of hydrogen-bond acceptors (Lipinski definition) is 5. The van der Waals surface area contributed by atoms with Crippen LogP contribution in [0.3, 0.4) is 0 Å². The number of anilines is 1. The van der Waals surface area contributed by atoms with Crippen molar-refractivity contribution in [1.29, 1.82) is 0 Å². The van der Waals surface area contributed by atoms with Crippen molar-refractivity contribution in [3.05, 3.63) is 11.8 Å². The Morgan fingerprint density at radius 2 is 2.25 bits per heavy atom. The van der Waals surface area contributed by atoms with Crippen molar-refractivity contribution < 1.29 is 4.74 Å². The molecule has 1 N–H and O–H groups in total. The van der Waals surface area contributed by atoms with E-state index in [4.69, 9.17) is 4.74 Å². The summed E-state index contributed by atoms with van der Waals surface area (Å²) in [7, 11) is 0. The van der Waals surface area contributed by atoms with E-state index < -0.39 is 0 Å². The van der Waals surface area contributed by atoms with E-state index >= 15 is 0 Å². The van der Waals surface area contributed by atoms with Crippen LogP contribution in [0.5, 0.6) is 5.88 Å². The molecule has 0 saturated carbocycles. The third kappa shape index (κ3) is 3.82. The van der Waals surface area contributed by atoms with Gasteiger partial charge in [-0.2, -0.15) is 4.98 Å². The van der Waals surface area contributed by atoms with Crippen LogP contribution in [0.2, 0.25) is 0 Å². The third-order valence-corrected chi connectivity index (χ3v) is 3.58. The molecule has 1 saturated heterocycles. The molecule has 1 aromatic heterocycles. The van der Waals surface area contributed by atoms with Crippen LogP contribution < -0.4 is 15.0 Å². The van der Waals surface area contributed by atoms with Gasteiger partial charge in [-0.25, -0.2) is 4.98 Å². The number of aryl methyl sites for hydroxylation is 1. The minimum absolute atomic E-state index is 0.481. The van der Waals surface area contributed by atoms with Gasteiger partial charge in [-0.3, -0.25) is 0 Å². The first-order valence-electron chi connectivity index (χ1n) is 7.70. The molecule has 2 rings (SSSR count). The van der Waals surface area contributed by atoms with E-state index in [1.807, 2.05) is 13.0 Å². The average molecular weight is 278 g/mol. The Hall–Kier alpha value is -1.36. The van der Waals surface area contributed by atoms with Crippen LogP contribution in [0.1, 0.15) is 38.8 Å². The molecule has 0 radical (unpaired) electrons. The molecule has 1 atom stereocenters. The quantitative estimate of drug-likeness (QED) is 0.864. The van der Waals surface area contributed by atoms with Gasteiger partial charge in [0.15, 0.2) is 0 Å². The second-order valence-electron chi connectivity index (χ2n) is 5.28. The lowest BCUT2D eigenvalue weighted by Crippen LogP contribution is -2.46. The molecule has 1 unspecified atom stereocenters. The summed E-state index contributed by atoms with van der Waals surface area (Å²) in [5.41, 5.74) is 0.961. The van der Waals surface area contributed by atoms with Crippen LogP contribution >= 0.6 is 0 Å². The fourth-order valence-electron chi connectivity index (χ4n) is 2.60. The minimum atomic E-state index is 0.481. The molecule has 0 aliphatic carbocycles. The van der Waals surface area contributed by atoms with Crippen molar-refractivity contribution in [1.82, 2.24) is 15.3 Å². The van der Waals surface area contributed by atoms with E-state index in [1.54, 1.807) is 0 Å². The van der Waals surface area contributed by atoms with Gasteiger partial charge in [0.25, 0.3) is 0 Å². The highest BCUT2D eigenvalue weighted by Crippen LogP contribution is 2.20. The van der Waals surface area contributed by atoms with E-state index in [1.165, 1.54) is 12.8 Å². The molecule has 2 heterocycles. The largest absolute Gasteiger partial charge is 0.478 e. The van der Waals surface area contributed by atoms with E-state index in [0.717, 1.165) is 37.7 Å². The molecule has 0 aromatic carbocycles. The monoisotopic (exact) mass is 278 g/mol. The molecule has 5 heteroatoms. The summed E-state index contributed by atoms with van der Waals surface area (Å²) in [6.07, 6.45) is 3.40. The van der Waals surface area contributed by atoms with Crippen LogP contribution in [-0.4, -0.2) is 42.3 Å². The summed E-state index contributed by atoms with van der Waals surface area (Å²) in [6.45, 7) is 10.0. The summed E-state index contributed by atoms with van der Waals surface area (Å²) in [5, 5.41) is 3.45. The predicted molar refractivity (Wildman–Crippen MR) is 81.5 cm³/mol. The molecule has 1 aliphatic heterocycles. The molecule has 20 heavy (non-hydrogen) atoms. The van der Waals surface area contributed by atoms with Crippen molar-refractivity contribution in [3.8, 4) is 5.88 Å². The second-order valence-corrected chi connectivity index (χ2v) is 5.28. The Morgan fingerprint density at radius 1 is 1.40 bits per heavy atom. The van der Waals surface area contributed by atoms with Crippen LogP contribution in [-0.2, 0) is 0 Å². The number of nitrogens with one attached hydrogen (secondary N) is 1. The zero-order valence-electron chi connectivity index (χ0n) is 12.9. The normalized spacial score (nSPS) is 18.9. The molecular formula is C15H26N4O. The van der Waals surface area contributed by atoms with E-state index in [-0.39, 0.29) is 0 Å². The predicted octanol–water partition coefficient (Wildman–Crippen LogP) is 2.15. The standard InChI is InChI=1S/C15H26N4O/c1-4-9-20-14-10-12(3)17-15(18-14)19(5-2)13-7-6-8-16-11-13/h10,13,16H,4-9,11H2,1-3H3. The average Bonchev–Trinajstić information content (AvgIpc) is 2.46. The zero-order valence-corrected chi connectivity index (χ0v) is 12.9. The Balaban J connectivity index is 2.17. The maximum absolute atomic E-state index is 5.67. The first-order valence-corrected chi connectivity index (χ1v) is 7.70. The van der Waals surface area contributed by atoms with Gasteiger partial charge in [-0.1, -0.05) is 6.92 Å². The van der Waals surface area contributed by atoms with Crippen molar-refractivity contribution >= 4 is 5.95 Å². The molecule has 1 aliphatic rings. The SMILES string of the molecule is CCCOc1cc(C)nc(N(CC)C2CCCNC2)n1. The fraction of sp³-hybridized carbons (Fsp3) is 0.733. The van der Waals surface area contributed by atoms with E-state index in [2.05, 4.69) is 34.0 Å². The lowest BCUT2D eigenvalue weighted by Gasteiger charge is -2.34. The zero-order chi connectivity index (χ0) is 14.4. The second kappa shape index (κ2) is 7.43. The molecule has 0 amide bonds. The highest BCUT2D eigenvalue weighted by Gasteiger charge is 2.22. The first kappa shape index (κ1) is 15.0. The smallest absolute Gasteiger partial charge is 0.229 e. The maximum Gasteiger partial charge on any atom is 0.229 e. The lowest BCUT2D eigenvalue weighted by atomic mass is 10.1. The van der Waals surface area contributed by atoms with E-state index in [0.29, 0.717) is 18.5 Å². The number of piperidine rings is 1. The van der Waals surface area contributed by atoms with Crippen molar-refractivity contribution in [2.75, 3.05) is 31.1 Å². The Labute approximate surface area is 121 Å². The van der Waals surface area contributed by atoms with Gasteiger partial charge in [-0.05, 0) is 39.7 Å². The first-order chi connectivity index (χ1) is 9.74. The van der Waals surface area contributed by atoms with Gasteiger partial charge < -0.3 is 15.0 Å². The highest BCUT2D eigenvalue weighted by atomic mass is 16.5. The fourth-order valence-corrected chi connectivity index (χ4v) is 2.60. The highest BCUT2D eigenvalue weighted by molar-refractivity contribution is 5.36. The molecule has 1 aromatic rings. The summed E-state index contributed by atoms with van der Waals surface area (Å²) >= 11 is 0. The Bertz CT molecular complexity index is 418. The third-order valence-electron chi connectivity index (χ3n) is 3.58. The van der Waals surface area contributed by atoms with E-state index in [9.17, 15) is 0 Å². The summed E-state index contributed by atoms with van der Waals surface area (Å²) in [4.78, 5) is 11.5. The number of nitrogens with zero attached hydrogens (tertiary/aromatic N) is 3. The van der Waals surface area contributed by atoms with Gasteiger partial charge >= 0.3 is 0 Å². The summed E-state index contributed by atoms with van der Waals surface area (Å²) < 4.78 is 5.67. The van der Waals surface area contributed by atoms with Gasteiger partial charge in [0.1, 0.15) is 0 Å². The van der Waals surface area contributed by atoms with Crippen molar-refractivity contribution in [3.63, 3.8) is 0 Å². The van der Waals surface area contributed by atoms with Crippen molar-refractivity contribution in [2.24, 2.45) is 0 Å². The molecule has 0 bridgehead atoms. The van der Waals surface area contributed by atoms with Gasteiger partial charge in [-0.15, -0.1) is 0 Å². The number of ether oxygens (including phenoxy) is 1. The number of hydrogen-bond donors (Lipinski definition) is 1. The van der Waals surface area contributed by atoms with Crippen LogP contribution in [0, 0.1) is 6.92 Å². The summed E-state index contributed by atoms with van der Waals surface area (Å²) in [5.74, 6) is 1.49.